The molecule has 2 heterocycles. The molecule has 1 fully saturated rings. The monoisotopic (exact) mass is 309 g/mol. The summed E-state index contributed by atoms with van der Waals surface area (Å²) < 4.78 is 7.19. The van der Waals surface area contributed by atoms with E-state index in [2.05, 4.69) is 30.4 Å². The zero-order valence-electron chi connectivity index (χ0n) is 11.4. The van der Waals surface area contributed by atoms with Crippen molar-refractivity contribution in [1.29, 1.82) is 0 Å². The Kier molecular flexibility index (Phi) is 4.56. The van der Waals surface area contributed by atoms with E-state index < -0.39 is 0 Å². The number of nitrogens with zero attached hydrogens (tertiary/aromatic N) is 6. The number of aromatic nitrogens is 6. The average Bonchev–Trinajstić information content (AvgIpc) is 3.16. The van der Waals surface area contributed by atoms with Crippen molar-refractivity contribution in [2.45, 2.75) is 31.8 Å². The molecule has 1 aliphatic rings. The lowest BCUT2D eigenvalue weighted by Crippen LogP contribution is -2.17. The first-order chi connectivity index (χ1) is 10.3. The lowest BCUT2D eigenvalue weighted by Gasteiger charge is -2.11. The van der Waals surface area contributed by atoms with Crippen LogP contribution >= 0.6 is 11.6 Å². The van der Waals surface area contributed by atoms with E-state index in [1.807, 2.05) is 0 Å². The topological polar surface area (TPSA) is 90.6 Å². The zero-order chi connectivity index (χ0) is 14.5. The third-order valence-corrected chi connectivity index (χ3v) is 3.43. The Morgan fingerprint density at radius 1 is 1.29 bits per heavy atom. The van der Waals surface area contributed by atoms with Crippen LogP contribution in [-0.4, -0.2) is 49.0 Å². The van der Waals surface area contributed by atoms with E-state index in [0.29, 0.717) is 31.2 Å². The molecule has 8 nitrogen and oxygen atoms in total. The largest absolute Gasteiger partial charge is 0.376 e. The fourth-order valence-corrected chi connectivity index (χ4v) is 2.43. The van der Waals surface area contributed by atoms with Gasteiger partial charge in [0.25, 0.3) is 5.95 Å². The predicted octanol–water partition coefficient (Wildman–Crippen LogP) is 1.48. The highest BCUT2D eigenvalue weighted by molar-refractivity contribution is 6.28. The Balaban J connectivity index is 1.55. The van der Waals surface area contributed by atoms with Crippen molar-refractivity contribution in [3.05, 3.63) is 17.9 Å². The van der Waals surface area contributed by atoms with Crippen LogP contribution in [-0.2, 0) is 4.74 Å². The molecule has 3 rings (SSSR count). The summed E-state index contributed by atoms with van der Waals surface area (Å²) in [5.41, 5.74) is 0. The van der Waals surface area contributed by atoms with E-state index in [1.54, 1.807) is 0 Å². The molecule has 0 amide bonds. The van der Waals surface area contributed by atoms with Gasteiger partial charge in [0.05, 0.1) is 12.7 Å². The summed E-state index contributed by atoms with van der Waals surface area (Å²) in [6, 6.07) is 0. The van der Waals surface area contributed by atoms with Crippen LogP contribution < -0.4 is 5.32 Å². The summed E-state index contributed by atoms with van der Waals surface area (Å²) in [4.78, 5) is 16.1. The van der Waals surface area contributed by atoms with Gasteiger partial charge in [0.15, 0.2) is 0 Å². The minimum absolute atomic E-state index is 0.106. The zero-order valence-corrected chi connectivity index (χ0v) is 12.2. The molecule has 21 heavy (non-hydrogen) atoms. The molecule has 0 aliphatic heterocycles. The van der Waals surface area contributed by atoms with Crippen molar-refractivity contribution in [2.24, 2.45) is 0 Å². The van der Waals surface area contributed by atoms with Gasteiger partial charge in [-0.1, -0.05) is 12.8 Å². The van der Waals surface area contributed by atoms with Crippen LogP contribution in [0.2, 0.25) is 5.28 Å². The molecule has 2 aromatic rings. The Morgan fingerprint density at radius 2 is 2.14 bits per heavy atom. The van der Waals surface area contributed by atoms with Crippen LogP contribution in [0.5, 0.6) is 0 Å². The third kappa shape index (κ3) is 3.85. The van der Waals surface area contributed by atoms with Gasteiger partial charge in [0.2, 0.25) is 11.2 Å². The summed E-state index contributed by atoms with van der Waals surface area (Å²) in [5, 5.41) is 7.14. The normalized spacial score (nSPS) is 15.5. The van der Waals surface area contributed by atoms with E-state index >= 15 is 0 Å². The standard InChI is InChI=1S/C12H16ClN7O/c13-10-17-11(15-5-6-21-9-3-1-2-4-9)19-12(18-10)20-8-14-7-16-20/h7-9H,1-6H2,(H,15,17,18,19). The molecule has 0 aromatic carbocycles. The highest BCUT2D eigenvalue weighted by Crippen LogP contribution is 2.20. The molecule has 0 atom stereocenters. The van der Waals surface area contributed by atoms with Gasteiger partial charge in [-0.25, -0.2) is 4.98 Å². The summed E-state index contributed by atoms with van der Waals surface area (Å²) in [7, 11) is 0. The number of halogens is 1. The lowest BCUT2D eigenvalue weighted by atomic mass is 10.3. The Bertz CT molecular complexity index is 571. The second-order valence-electron chi connectivity index (χ2n) is 4.77. The van der Waals surface area contributed by atoms with E-state index in [0.717, 1.165) is 12.8 Å². The van der Waals surface area contributed by atoms with Crippen LogP contribution in [0, 0.1) is 0 Å². The number of rotatable bonds is 6. The van der Waals surface area contributed by atoms with Crippen LogP contribution in [0.25, 0.3) is 5.95 Å². The maximum absolute atomic E-state index is 5.89. The van der Waals surface area contributed by atoms with Gasteiger partial charge < -0.3 is 10.1 Å². The van der Waals surface area contributed by atoms with Crippen LogP contribution in [0.4, 0.5) is 5.95 Å². The summed E-state index contributed by atoms with van der Waals surface area (Å²) >= 11 is 5.89. The van der Waals surface area contributed by atoms with Gasteiger partial charge in [-0.05, 0) is 24.4 Å². The maximum Gasteiger partial charge on any atom is 0.258 e. The quantitative estimate of drug-likeness (QED) is 0.808. The molecule has 1 N–H and O–H groups in total. The van der Waals surface area contributed by atoms with Crippen molar-refractivity contribution in [3.63, 3.8) is 0 Å². The SMILES string of the molecule is Clc1nc(NCCOC2CCCC2)nc(-n2cncn2)n1. The van der Waals surface area contributed by atoms with Crippen molar-refractivity contribution in [2.75, 3.05) is 18.5 Å². The second kappa shape index (κ2) is 6.77. The van der Waals surface area contributed by atoms with Crippen LogP contribution in [0.15, 0.2) is 12.7 Å². The second-order valence-corrected chi connectivity index (χ2v) is 5.11. The first-order valence-corrected chi connectivity index (χ1v) is 7.31. The summed E-state index contributed by atoms with van der Waals surface area (Å²) in [6.07, 6.45) is 8.16. The Labute approximate surface area is 126 Å². The van der Waals surface area contributed by atoms with Gasteiger partial charge >= 0.3 is 0 Å². The molecule has 1 saturated carbocycles. The smallest absolute Gasteiger partial charge is 0.258 e. The van der Waals surface area contributed by atoms with Crippen molar-refractivity contribution < 1.29 is 4.74 Å². The van der Waals surface area contributed by atoms with Gasteiger partial charge in [-0.3, -0.25) is 0 Å². The van der Waals surface area contributed by atoms with E-state index in [9.17, 15) is 0 Å². The summed E-state index contributed by atoms with van der Waals surface area (Å²) in [6.45, 7) is 1.24. The molecular weight excluding hydrogens is 294 g/mol. The van der Waals surface area contributed by atoms with E-state index in [1.165, 1.54) is 30.2 Å². The minimum atomic E-state index is 0.106. The molecule has 0 saturated heterocycles. The number of anilines is 1. The van der Waals surface area contributed by atoms with Crippen molar-refractivity contribution in [1.82, 2.24) is 29.7 Å². The first kappa shape index (κ1) is 14.2. The molecule has 0 bridgehead atoms. The highest BCUT2D eigenvalue weighted by Gasteiger charge is 2.14. The highest BCUT2D eigenvalue weighted by atomic mass is 35.5. The van der Waals surface area contributed by atoms with E-state index in [-0.39, 0.29) is 5.28 Å². The molecule has 0 spiro atoms. The number of ether oxygens (including phenoxy) is 1. The fourth-order valence-electron chi connectivity index (χ4n) is 2.28. The van der Waals surface area contributed by atoms with Gasteiger partial charge in [0.1, 0.15) is 12.7 Å². The summed E-state index contributed by atoms with van der Waals surface area (Å²) in [5.74, 6) is 0.724. The Morgan fingerprint density at radius 3 is 2.90 bits per heavy atom. The molecule has 0 radical (unpaired) electrons. The molecule has 2 aromatic heterocycles. The molecule has 9 heteroatoms. The van der Waals surface area contributed by atoms with Crippen molar-refractivity contribution in [3.8, 4) is 5.95 Å². The lowest BCUT2D eigenvalue weighted by molar-refractivity contribution is 0.0658. The third-order valence-electron chi connectivity index (χ3n) is 3.26. The minimum Gasteiger partial charge on any atom is -0.376 e. The molecular formula is C12H16ClN7O. The number of hydrogen-bond donors (Lipinski definition) is 1. The average molecular weight is 310 g/mol. The van der Waals surface area contributed by atoms with Gasteiger partial charge in [-0.15, -0.1) is 0 Å². The Hall–Kier alpha value is -1.80. The predicted molar refractivity (Wildman–Crippen MR) is 76.5 cm³/mol. The number of nitrogens with one attached hydrogen (secondary N) is 1. The van der Waals surface area contributed by atoms with Gasteiger partial charge in [0, 0.05) is 6.54 Å². The van der Waals surface area contributed by atoms with Crippen molar-refractivity contribution >= 4 is 17.5 Å². The van der Waals surface area contributed by atoms with Crippen LogP contribution in [0.1, 0.15) is 25.7 Å². The number of hydrogen-bond acceptors (Lipinski definition) is 7. The fraction of sp³-hybridized carbons (Fsp3) is 0.583. The molecule has 1 aliphatic carbocycles. The van der Waals surface area contributed by atoms with Gasteiger partial charge in [-0.2, -0.15) is 24.7 Å². The molecule has 0 unspecified atom stereocenters. The first-order valence-electron chi connectivity index (χ1n) is 6.93. The maximum atomic E-state index is 5.89. The van der Waals surface area contributed by atoms with E-state index in [4.69, 9.17) is 16.3 Å². The molecule has 112 valence electrons. The van der Waals surface area contributed by atoms with Crippen LogP contribution in [0.3, 0.4) is 0 Å².